The zero-order chi connectivity index (χ0) is 31.5. The summed E-state index contributed by atoms with van der Waals surface area (Å²) in [5.74, 6) is -0.765. The van der Waals surface area contributed by atoms with Gasteiger partial charge < -0.3 is 65.4 Å². The van der Waals surface area contributed by atoms with Crippen LogP contribution in [0.1, 0.15) is 6.92 Å². The number of amides is 2. The number of aliphatic imine (C=N–C) groups is 1. The maximum absolute atomic E-state index is 12.8. The fourth-order valence-electron chi connectivity index (χ4n) is 3.56. The molecule has 17 nitrogen and oxygen atoms in total. The number of ether oxygens (including phenoxy) is 6. The Hall–Kier alpha value is -3.66. The van der Waals surface area contributed by atoms with Crippen molar-refractivity contribution in [3.63, 3.8) is 0 Å². The number of likely N-dealkylation sites (N-methyl/N-ethyl adjacent to an activating group) is 1. The first-order valence-electron chi connectivity index (χ1n) is 12.9. The second-order valence-corrected chi connectivity index (χ2v) is 8.80. The van der Waals surface area contributed by atoms with Crippen molar-refractivity contribution in [3.05, 3.63) is 11.8 Å². The van der Waals surface area contributed by atoms with E-state index in [1.54, 1.807) is 0 Å². The van der Waals surface area contributed by atoms with E-state index in [2.05, 4.69) is 16.2 Å². The number of carbonyl (C=O) groups is 3. The zero-order valence-corrected chi connectivity index (χ0v) is 23.7. The van der Waals surface area contributed by atoms with E-state index < -0.39 is 66.7 Å². The first-order valence-corrected chi connectivity index (χ1v) is 12.9. The number of aliphatic hydroxyl groups excluding tert-OH is 2. The summed E-state index contributed by atoms with van der Waals surface area (Å²) >= 11 is 0. The van der Waals surface area contributed by atoms with Crippen LogP contribution in [-0.4, -0.2) is 148 Å². The normalized spacial score (nSPS) is 19.3. The zero-order valence-electron chi connectivity index (χ0n) is 23.7. The first-order chi connectivity index (χ1) is 20.0. The lowest BCUT2D eigenvalue weighted by Gasteiger charge is -2.40. The highest BCUT2D eigenvalue weighted by atomic mass is 16.6. The summed E-state index contributed by atoms with van der Waals surface area (Å²) in [5, 5.41) is 32.2. The Morgan fingerprint density at radius 1 is 1.12 bits per heavy atom. The molecule has 17 heteroatoms. The van der Waals surface area contributed by atoms with E-state index in [-0.39, 0.29) is 33.0 Å². The van der Waals surface area contributed by atoms with E-state index >= 15 is 0 Å². The largest absolute Gasteiger partial charge is 0.477 e. The van der Waals surface area contributed by atoms with Gasteiger partial charge in [0.2, 0.25) is 11.7 Å². The number of aliphatic hydroxyl groups is 2. The fraction of sp³-hybridized carbons (Fsp3) is 0.680. The van der Waals surface area contributed by atoms with Crippen LogP contribution in [0.3, 0.4) is 0 Å². The summed E-state index contributed by atoms with van der Waals surface area (Å²) in [6.45, 7) is 2.74. The number of aliphatic carboxylic acids is 1. The van der Waals surface area contributed by atoms with Crippen molar-refractivity contribution in [2.45, 2.75) is 37.3 Å². The minimum atomic E-state index is -1.73. The number of carboxylic acids is 1. The molecule has 0 aromatic heterocycles. The molecular formula is C25H41N5O12. The van der Waals surface area contributed by atoms with Crippen LogP contribution >= 0.6 is 0 Å². The number of guanidine groups is 1. The molecule has 8 N–H and O–H groups in total. The minimum absolute atomic E-state index is 0.0685. The van der Waals surface area contributed by atoms with E-state index in [4.69, 9.17) is 46.3 Å². The first kappa shape index (κ1) is 36.4. The fourth-order valence-corrected chi connectivity index (χ4v) is 3.56. The second kappa shape index (κ2) is 20.3. The predicted molar refractivity (Wildman–Crippen MR) is 146 cm³/mol. The van der Waals surface area contributed by atoms with Gasteiger partial charge in [-0.25, -0.2) is 14.6 Å². The second-order valence-electron chi connectivity index (χ2n) is 8.80. The molecule has 0 radical (unpaired) electrons. The summed E-state index contributed by atoms with van der Waals surface area (Å²) < 4.78 is 32.1. The molecule has 0 aromatic rings. The standard InChI is InChI=1S/C25H41N5O12/c1-4-6-37-8-10-39-12-13-40-11-9-38-7-5-30(3)25(36)42-21(18(33)15-31)22-20(28-16(2)32)17(29-24(26)27)14-19(41-22)23(34)35/h1,14,17-18,20-22,31,33H,5-13,15H2,2-3H3,(H,28,32)(H,34,35)(H4,26,27,29)/t17-,18-,20+,21-,22+/m1/s1. The summed E-state index contributed by atoms with van der Waals surface area (Å²) in [6.07, 6.45) is 0.277. The van der Waals surface area contributed by atoms with Gasteiger partial charge in [-0.05, 0) is 6.08 Å². The molecule has 2 amide bonds. The summed E-state index contributed by atoms with van der Waals surface area (Å²) in [5.41, 5.74) is 10.9. The van der Waals surface area contributed by atoms with Crippen LogP contribution in [0.5, 0.6) is 0 Å². The van der Waals surface area contributed by atoms with E-state index in [9.17, 15) is 29.7 Å². The molecule has 0 unspecified atom stereocenters. The molecule has 1 aliphatic rings. The third-order valence-electron chi connectivity index (χ3n) is 5.50. The van der Waals surface area contributed by atoms with Gasteiger partial charge in [-0.1, -0.05) is 5.92 Å². The molecule has 0 spiro atoms. The van der Waals surface area contributed by atoms with Gasteiger partial charge in [-0.15, -0.1) is 6.42 Å². The van der Waals surface area contributed by atoms with Crippen molar-refractivity contribution in [1.29, 1.82) is 0 Å². The number of hydrogen-bond donors (Lipinski definition) is 6. The molecule has 42 heavy (non-hydrogen) atoms. The number of nitrogens with two attached hydrogens (primary N) is 2. The monoisotopic (exact) mass is 603 g/mol. The maximum atomic E-state index is 12.8. The molecule has 0 aliphatic carbocycles. The lowest BCUT2D eigenvalue weighted by atomic mass is 9.92. The molecule has 0 fully saturated rings. The predicted octanol–water partition coefficient (Wildman–Crippen LogP) is -3.01. The minimum Gasteiger partial charge on any atom is -0.477 e. The van der Waals surface area contributed by atoms with Crippen LogP contribution < -0.4 is 16.8 Å². The van der Waals surface area contributed by atoms with Crippen molar-refractivity contribution in [3.8, 4) is 12.3 Å². The number of nitrogens with one attached hydrogen (secondary N) is 1. The quantitative estimate of drug-likeness (QED) is 0.0351. The highest BCUT2D eigenvalue weighted by molar-refractivity contribution is 5.85. The van der Waals surface area contributed by atoms with Gasteiger partial charge >= 0.3 is 12.1 Å². The number of nitrogens with zero attached hydrogens (tertiary/aromatic N) is 2. The highest BCUT2D eigenvalue weighted by Gasteiger charge is 2.46. The van der Waals surface area contributed by atoms with Gasteiger partial charge in [0.05, 0.1) is 64.9 Å². The molecular weight excluding hydrogens is 562 g/mol. The van der Waals surface area contributed by atoms with Crippen LogP contribution in [0.25, 0.3) is 0 Å². The SMILES string of the molecule is C#CCOCCOCCOCCOCCN(C)C(=O)O[C@@H]([C@H]1OC(C(=O)O)=C[C@@H](N=C(N)N)[C@@H]1NC(C)=O)[C@H](O)CO. The Bertz CT molecular complexity index is 953. The Morgan fingerprint density at radius 2 is 1.69 bits per heavy atom. The van der Waals surface area contributed by atoms with E-state index in [0.717, 1.165) is 11.0 Å². The summed E-state index contributed by atoms with van der Waals surface area (Å²) in [6, 6.07) is -2.35. The Labute approximate surface area is 243 Å². The van der Waals surface area contributed by atoms with Crippen LogP contribution in [0, 0.1) is 12.3 Å². The smallest absolute Gasteiger partial charge is 0.410 e. The van der Waals surface area contributed by atoms with Crippen molar-refractivity contribution in [2.24, 2.45) is 16.5 Å². The molecule has 1 heterocycles. The van der Waals surface area contributed by atoms with Gasteiger partial charge in [0.25, 0.3) is 0 Å². The molecule has 0 saturated heterocycles. The lowest BCUT2D eigenvalue weighted by molar-refractivity contribution is -0.146. The van der Waals surface area contributed by atoms with Gasteiger partial charge in [0.1, 0.15) is 12.7 Å². The number of carboxylic acid groups (broad SMARTS) is 1. The van der Waals surface area contributed by atoms with Gasteiger partial charge in [0.15, 0.2) is 18.2 Å². The van der Waals surface area contributed by atoms with Crippen LogP contribution in [0.4, 0.5) is 4.79 Å². The van der Waals surface area contributed by atoms with Crippen LogP contribution in [-0.2, 0) is 38.0 Å². The van der Waals surface area contributed by atoms with Crippen molar-refractivity contribution >= 4 is 23.9 Å². The molecule has 0 aromatic carbocycles. The maximum Gasteiger partial charge on any atom is 0.410 e. The third kappa shape index (κ3) is 13.8. The molecule has 0 saturated carbocycles. The molecule has 1 rings (SSSR count). The molecule has 5 atom stereocenters. The number of hydrogen-bond acceptors (Lipinski definition) is 12. The van der Waals surface area contributed by atoms with Crippen molar-refractivity contribution in [1.82, 2.24) is 10.2 Å². The van der Waals surface area contributed by atoms with Crippen molar-refractivity contribution in [2.75, 3.05) is 73.1 Å². The topological polar surface area (TPSA) is 247 Å². The highest BCUT2D eigenvalue weighted by Crippen LogP contribution is 2.27. The summed E-state index contributed by atoms with van der Waals surface area (Å²) in [7, 11) is 1.40. The number of rotatable bonds is 20. The Morgan fingerprint density at radius 3 is 2.19 bits per heavy atom. The molecule has 238 valence electrons. The summed E-state index contributed by atoms with van der Waals surface area (Å²) in [4.78, 5) is 41.5. The Balaban J connectivity index is 2.69. The third-order valence-corrected chi connectivity index (χ3v) is 5.50. The van der Waals surface area contributed by atoms with Crippen LogP contribution in [0.2, 0.25) is 0 Å². The number of terminal acetylenes is 1. The van der Waals surface area contributed by atoms with Gasteiger partial charge in [-0.3, -0.25) is 4.79 Å². The van der Waals surface area contributed by atoms with Gasteiger partial charge in [-0.2, -0.15) is 0 Å². The van der Waals surface area contributed by atoms with E-state index in [0.29, 0.717) is 26.4 Å². The lowest BCUT2D eigenvalue weighted by Crippen LogP contribution is -2.61. The number of carbonyl (C=O) groups excluding carboxylic acids is 2. The van der Waals surface area contributed by atoms with E-state index in [1.807, 2.05) is 0 Å². The van der Waals surface area contributed by atoms with E-state index in [1.165, 1.54) is 14.0 Å². The van der Waals surface area contributed by atoms with Crippen LogP contribution in [0.15, 0.2) is 16.8 Å². The molecule has 1 aliphatic heterocycles. The van der Waals surface area contributed by atoms with Gasteiger partial charge in [0, 0.05) is 20.5 Å². The Kier molecular flexibility index (Phi) is 17.5. The average molecular weight is 604 g/mol. The van der Waals surface area contributed by atoms with Crippen molar-refractivity contribution < 1.29 is 58.1 Å². The molecule has 0 bridgehead atoms. The average Bonchev–Trinajstić information content (AvgIpc) is 2.93.